The van der Waals surface area contributed by atoms with Gasteiger partial charge < -0.3 is 68.5 Å². The number of nitrogens with two attached hydrogens (primary N) is 1. The summed E-state index contributed by atoms with van der Waals surface area (Å²) in [6.07, 6.45) is 13.3. The number of rotatable bonds is 24. The van der Waals surface area contributed by atoms with E-state index in [2.05, 4.69) is 99.1 Å². The first kappa shape index (κ1) is 113. The largest absolute Gasteiger partial charge is 1.00 e. The van der Waals surface area contributed by atoms with Crippen molar-refractivity contribution in [1.82, 2.24) is 19.4 Å². The molecule has 0 saturated heterocycles. The number of esters is 3. The molecule has 0 bridgehead atoms. The molecule has 24 nitrogen and oxygen atoms in total. The average Bonchev–Trinajstić information content (AvgIpc) is 1.62. The molecule has 0 radical (unpaired) electrons. The second-order valence-corrected chi connectivity index (χ2v) is 27.7. The van der Waals surface area contributed by atoms with Crippen LogP contribution in [0.5, 0.6) is 0 Å². The van der Waals surface area contributed by atoms with Gasteiger partial charge >= 0.3 is 53.6 Å². The van der Waals surface area contributed by atoms with Crippen LogP contribution in [-0.2, 0) is 95.5 Å². The molecule has 6 aromatic rings. The van der Waals surface area contributed by atoms with E-state index in [4.69, 9.17) is 74.0 Å². The number of fused-ring (bicyclic) bond motifs is 1. The van der Waals surface area contributed by atoms with Gasteiger partial charge in [0.2, 0.25) is 0 Å². The standard InChI is InChI=1S/C20H22N2O4S.C17H19F3N2O4S.C17H22N2O4S.C8H6.C7H16O4.C7H4.C6H2.C2H6O.C2H5O.Na/c1-5-26-20(23)18-14(3)22(19-17(18)7-6-10-21-19)12-15-8-9-16(11-13(15)2)27(4,24)25;1-3-26-16(23)14(6-7-21)11(2)22-9-13-5-4-12(10-27(24)25)8-15(13)17(18,19)20;1-5-23-17(20)15-9-16(18)19(12(15)3)10-13-6-7-14(8-11(13)2)24(4,21)22;1-3-5-7-8-6-4-2;1-9-6(5-8)4-7(10-2)11-3;1-3-5-7-6-4-2;1-3-5-6-4-2;2*1-2-3;/h6-11H,5,12H2,1-4H3;4-5,8,22H,3,6,9-10H2,1-2H3,(H,24,25);6-9H,5,10,18H2,1-4H3;1-2H3;6-8H,4-5H2,1-3H3;1H,2H3;1-2H;3H,2H2,1H3;2H2,1H3;/q;;;;;;;;-1;+1/p-1/b;14-11-;;;;;;;;. The number of anilines is 1. The van der Waals surface area contributed by atoms with Gasteiger partial charge in [0, 0.05) is 101 Å². The molecular weight excluding hydrogens is 1580 g/mol. The van der Waals surface area contributed by atoms with Crippen molar-refractivity contribution in [2.24, 2.45) is 0 Å². The number of aromatic nitrogens is 3. The number of alkyl halides is 3. The number of halogens is 3. The van der Waals surface area contributed by atoms with Crippen LogP contribution in [0.3, 0.4) is 0 Å². The van der Waals surface area contributed by atoms with Crippen LogP contribution in [0, 0.1) is 147 Å². The number of sulfone groups is 2. The molecule has 0 aliphatic heterocycles. The summed E-state index contributed by atoms with van der Waals surface area (Å²) >= 11 is -2.51. The first-order valence-corrected chi connectivity index (χ1v) is 39.9. The molecule has 0 saturated carbocycles. The Balaban J connectivity index is -0.000000669. The minimum Gasteiger partial charge on any atom is -0.855 e. The Morgan fingerprint density at radius 2 is 1.14 bits per heavy atom. The zero-order valence-electron chi connectivity index (χ0n) is 69.5. The maximum Gasteiger partial charge on any atom is 1.00 e. The van der Waals surface area contributed by atoms with Gasteiger partial charge in [0.1, 0.15) is 11.5 Å². The fourth-order valence-electron chi connectivity index (χ4n) is 9.13. The normalized spacial score (nSPS) is 10.4. The minimum atomic E-state index is -4.67. The predicted molar refractivity (Wildman–Crippen MR) is 441 cm³/mol. The van der Waals surface area contributed by atoms with E-state index in [1.807, 2.05) is 55.0 Å². The number of benzene rings is 3. The topological polar surface area (TPSA) is 363 Å². The van der Waals surface area contributed by atoms with Gasteiger partial charge in [-0.15, -0.1) is 25.9 Å². The Kier molecular flexibility index (Phi) is 61.4. The molecular formula is C86H101F3N6NaO18S3-. The number of aliphatic hydroxyl groups excluding tert-OH is 2. The number of aliphatic hydroxyl groups is 2. The van der Waals surface area contributed by atoms with Crippen molar-refractivity contribution in [1.29, 1.82) is 5.26 Å². The molecule has 3 aromatic heterocycles. The molecule has 0 fully saturated rings. The van der Waals surface area contributed by atoms with Crippen molar-refractivity contribution in [3.63, 3.8) is 0 Å². The average molecular weight is 1680 g/mol. The second kappa shape index (κ2) is 63.7. The summed E-state index contributed by atoms with van der Waals surface area (Å²) in [6.45, 7) is 24.0. The second-order valence-electron chi connectivity index (χ2n) is 22.8. The first-order chi connectivity index (χ1) is 54.8. The van der Waals surface area contributed by atoms with Gasteiger partial charge in [-0.25, -0.2) is 36.2 Å². The number of allylic oxidation sites excluding steroid dienone is 1. The molecule has 624 valence electrons. The van der Waals surface area contributed by atoms with E-state index in [1.165, 1.54) is 31.6 Å². The monoisotopic (exact) mass is 1680 g/mol. The fourth-order valence-corrected chi connectivity index (χ4v) is 11.0. The summed E-state index contributed by atoms with van der Waals surface area (Å²) in [5.41, 5.74) is 12.0. The van der Waals surface area contributed by atoms with Crippen molar-refractivity contribution < 1.29 is 126 Å². The number of carbonyl (C=O) groups excluding carboxylic acids is 3. The number of hydrogen-bond acceptors (Lipinski definition) is 22. The van der Waals surface area contributed by atoms with Gasteiger partial charge in [-0.2, -0.15) is 18.4 Å². The molecule has 2 unspecified atom stereocenters. The van der Waals surface area contributed by atoms with E-state index >= 15 is 0 Å². The number of nitrogens with zero attached hydrogens (tertiary/aromatic N) is 4. The number of methoxy groups -OCH3 is 3. The number of terminal acetylenes is 3. The number of carbonyl (C=O) groups is 3. The SMILES string of the molecule is C#CC#CC#C.C#CC#CC#CC.CC#CC#CC#CC.CCO.CCOC(=O)/C(CC#N)=C(/C)NCc1ccc(CS(=O)[O-])cc1C(F)(F)F.CCOC(=O)c1c(C)n(Cc2ccc(S(C)(=O)=O)cc2C)c2ncccc12.CCOC(=O)c1cc(N)n(Cc2ccc(S(C)(=O)=O)cc2C)c1C.CC[O-].COC(CO)CC(OC)OC.[Na+]. The predicted octanol–water partition coefficient (Wildman–Crippen LogP) is 6.83. The minimum absolute atomic E-state index is 0. The van der Waals surface area contributed by atoms with E-state index in [0.717, 1.165) is 45.1 Å². The van der Waals surface area contributed by atoms with Crippen LogP contribution in [0.4, 0.5) is 19.0 Å². The molecule has 0 spiro atoms. The molecule has 31 heteroatoms. The van der Waals surface area contributed by atoms with Gasteiger partial charge in [-0.1, -0.05) is 60.0 Å². The first-order valence-electron chi connectivity index (χ1n) is 34.9. The van der Waals surface area contributed by atoms with E-state index in [1.54, 1.807) is 125 Å². The van der Waals surface area contributed by atoms with E-state index in [-0.39, 0.29) is 115 Å². The molecule has 5 N–H and O–H groups in total. The number of nitrogen functional groups attached to an aromatic ring is 1. The number of ether oxygens (including phenoxy) is 6. The van der Waals surface area contributed by atoms with Crippen LogP contribution in [0.15, 0.2) is 100 Å². The maximum atomic E-state index is 13.3. The molecule has 0 amide bonds. The zero-order valence-corrected chi connectivity index (χ0v) is 74.0. The van der Waals surface area contributed by atoms with Crippen LogP contribution in [0.25, 0.3) is 11.0 Å². The van der Waals surface area contributed by atoms with Crippen LogP contribution in [-0.4, -0.2) is 154 Å². The van der Waals surface area contributed by atoms with Crippen LogP contribution in [0.2, 0.25) is 0 Å². The summed E-state index contributed by atoms with van der Waals surface area (Å²) in [7, 11) is -1.84. The molecule has 2 atom stereocenters. The Morgan fingerprint density at radius 3 is 1.54 bits per heavy atom. The Labute approximate surface area is 713 Å². The van der Waals surface area contributed by atoms with Crippen LogP contribution in [0.1, 0.15) is 146 Å². The maximum absolute atomic E-state index is 13.3. The summed E-state index contributed by atoms with van der Waals surface area (Å²) < 4.78 is 142. The van der Waals surface area contributed by atoms with Crippen molar-refractivity contribution in [2.45, 2.75) is 157 Å². The van der Waals surface area contributed by atoms with Gasteiger partial charge in [-0.3, -0.25) is 4.21 Å². The summed E-state index contributed by atoms with van der Waals surface area (Å²) in [4.78, 5) is 41.3. The molecule has 6 rings (SSSR count). The van der Waals surface area contributed by atoms with Gasteiger partial charge in [-0.05, 0) is 236 Å². The zero-order chi connectivity index (χ0) is 89.2. The van der Waals surface area contributed by atoms with Gasteiger partial charge in [0.05, 0.1) is 77.1 Å². The fraction of sp³-hybridized carbons (Fsp3) is 0.384. The Hall–Kier alpha value is -10.5. The van der Waals surface area contributed by atoms with E-state index in [0.29, 0.717) is 60.2 Å². The Bertz CT molecular complexity index is 5010. The molecule has 3 aromatic carbocycles. The van der Waals surface area contributed by atoms with E-state index in [9.17, 15) is 53.2 Å². The third kappa shape index (κ3) is 45.0. The molecule has 0 aliphatic rings. The summed E-state index contributed by atoms with van der Waals surface area (Å²) in [6, 6.07) is 20.4. The quantitative estimate of drug-likeness (QED) is 0.00916. The molecule has 3 heterocycles. The number of nitriles is 1. The smallest absolute Gasteiger partial charge is 0.855 e. The van der Waals surface area contributed by atoms with Crippen molar-refractivity contribution >= 4 is 65.5 Å². The molecule has 117 heavy (non-hydrogen) atoms. The van der Waals surface area contributed by atoms with Crippen molar-refractivity contribution in [3.8, 4) is 114 Å². The number of nitrogens with one attached hydrogen (secondary N) is 1. The summed E-state index contributed by atoms with van der Waals surface area (Å²) in [5.74, 6) is 34.6. The van der Waals surface area contributed by atoms with Crippen LogP contribution >= 0.6 is 0 Å². The van der Waals surface area contributed by atoms with Crippen molar-refractivity contribution in [3.05, 3.63) is 152 Å². The van der Waals surface area contributed by atoms with Crippen LogP contribution < -0.4 is 45.7 Å². The number of aryl methyl sites for hydroxylation is 2. The number of pyridine rings is 1. The third-order valence-electron chi connectivity index (χ3n) is 14.6. The molecule has 0 aliphatic carbocycles. The number of hydrogen-bond donors (Lipinski definition) is 4. The van der Waals surface area contributed by atoms with Gasteiger partial charge in [0.25, 0.3) is 0 Å². The van der Waals surface area contributed by atoms with E-state index < -0.39 is 60.2 Å². The Morgan fingerprint density at radius 1 is 0.684 bits per heavy atom. The van der Waals surface area contributed by atoms with Crippen molar-refractivity contribution in [2.75, 3.05) is 79.2 Å². The summed E-state index contributed by atoms with van der Waals surface area (Å²) in [5, 5.41) is 37.5. The third-order valence-corrected chi connectivity index (χ3v) is 17.4. The van der Waals surface area contributed by atoms with Gasteiger partial charge in [0.15, 0.2) is 26.0 Å².